The Morgan fingerprint density at radius 3 is 2.37 bits per heavy atom. The van der Waals surface area contributed by atoms with E-state index in [9.17, 15) is 13.2 Å². The lowest BCUT2D eigenvalue weighted by atomic mass is 10.1. The first-order valence-corrected chi connectivity index (χ1v) is 6.41. The molecule has 0 saturated heterocycles. The van der Waals surface area contributed by atoms with E-state index in [0.29, 0.717) is 12.2 Å². The molecular weight excluding hydrogens is 319 g/mol. The van der Waals surface area contributed by atoms with E-state index in [0.717, 1.165) is 10.0 Å². The molecule has 5 heteroatoms. The lowest BCUT2D eigenvalue weighted by Gasteiger charge is -2.09. The molecule has 2 rings (SSSR count). The van der Waals surface area contributed by atoms with E-state index in [1.165, 1.54) is 18.2 Å². The van der Waals surface area contributed by atoms with Crippen LogP contribution in [-0.2, 0) is 6.54 Å². The predicted molar refractivity (Wildman–Crippen MR) is 72.8 cm³/mol. The molecule has 0 aliphatic rings. The highest BCUT2D eigenvalue weighted by Crippen LogP contribution is 2.22. The first kappa shape index (κ1) is 13.9. The molecule has 2 aromatic carbocycles. The van der Waals surface area contributed by atoms with Crippen molar-refractivity contribution in [1.82, 2.24) is 0 Å². The van der Waals surface area contributed by atoms with Crippen molar-refractivity contribution in [1.29, 1.82) is 0 Å². The minimum Gasteiger partial charge on any atom is -0.379 e. The molecule has 1 N–H and O–H groups in total. The van der Waals surface area contributed by atoms with Gasteiger partial charge in [-0.1, -0.05) is 40.2 Å². The van der Waals surface area contributed by atoms with Crippen LogP contribution in [0.5, 0.6) is 0 Å². The van der Waals surface area contributed by atoms with Gasteiger partial charge in [0, 0.05) is 16.6 Å². The van der Waals surface area contributed by atoms with Crippen molar-refractivity contribution in [3.8, 4) is 0 Å². The van der Waals surface area contributed by atoms with Gasteiger partial charge in [0.05, 0.1) is 5.69 Å². The number of nitrogens with one attached hydrogen (secondary N) is 1. The van der Waals surface area contributed by atoms with Gasteiger partial charge in [0.15, 0.2) is 0 Å². The predicted octanol–water partition coefficient (Wildman–Crippen LogP) is 5.14. The summed E-state index contributed by atoms with van der Waals surface area (Å²) in [5.74, 6) is -0.354. The summed E-state index contributed by atoms with van der Waals surface area (Å²) >= 11 is 3.26. The van der Waals surface area contributed by atoms with Crippen LogP contribution in [0.2, 0.25) is 0 Å². The number of rotatable bonds is 4. The Hall–Kier alpha value is -1.49. The van der Waals surface area contributed by atoms with Crippen LogP contribution in [0.15, 0.2) is 46.9 Å². The molecule has 0 radical (unpaired) electrons. The normalized spacial score (nSPS) is 10.8. The Kier molecular flexibility index (Phi) is 4.47. The van der Waals surface area contributed by atoms with E-state index in [1.54, 1.807) is 24.3 Å². The number of halogens is 4. The zero-order chi connectivity index (χ0) is 13.8. The summed E-state index contributed by atoms with van der Waals surface area (Å²) < 4.78 is 39.0. The zero-order valence-corrected chi connectivity index (χ0v) is 11.4. The standard InChI is InChI=1S/C14H11BrF3N/c15-11-5-6-12(16)13(7-11)19-8-9-1-3-10(4-2-9)14(17)18/h1-7,14,19H,8H2. The fourth-order valence-corrected chi connectivity index (χ4v) is 1.97. The van der Waals surface area contributed by atoms with Gasteiger partial charge in [-0.05, 0) is 23.8 Å². The van der Waals surface area contributed by atoms with Crippen LogP contribution in [0, 0.1) is 5.82 Å². The fraction of sp³-hybridized carbons (Fsp3) is 0.143. The summed E-state index contributed by atoms with van der Waals surface area (Å²) in [6.07, 6.45) is -2.47. The smallest absolute Gasteiger partial charge is 0.263 e. The first-order chi connectivity index (χ1) is 9.06. The van der Waals surface area contributed by atoms with Crippen LogP contribution < -0.4 is 5.32 Å². The average Bonchev–Trinajstić information content (AvgIpc) is 2.40. The second kappa shape index (κ2) is 6.10. The van der Waals surface area contributed by atoms with Gasteiger partial charge in [0.1, 0.15) is 5.82 Å². The van der Waals surface area contributed by atoms with Crippen molar-refractivity contribution < 1.29 is 13.2 Å². The first-order valence-electron chi connectivity index (χ1n) is 5.62. The maximum atomic E-state index is 13.5. The summed E-state index contributed by atoms with van der Waals surface area (Å²) in [5.41, 5.74) is 1.16. The van der Waals surface area contributed by atoms with E-state index in [1.807, 2.05) is 0 Å². The minimum atomic E-state index is -2.47. The van der Waals surface area contributed by atoms with E-state index in [4.69, 9.17) is 0 Å². The molecule has 0 atom stereocenters. The molecule has 0 aliphatic carbocycles. The van der Waals surface area contributed by atoms with Gasteiger partial charge in [0.25, 0.3) is 6.43 Å². The van der Waals surface area contributed by atoms with Crippen LogP contribution >= 0.6 is 15.9 Å². The monoisotopic (exact) mass is 329 g/mol. The number of benzene rings is 2. The molecule has 0 bridgehead atoms. The average molecular weight is 330 g/mol. The molecule has 0 heterocycles. The van der Waals surface area contributed by atoms with Gasteiger partial charge < -0.3 is 5.32 Å². The molecule has 0 saturated carbocycles. The molecule has 0 aromatic heterocycles. The molecule has 100 valence electrons. The minimum absolute atomic E-state index is 0.0163. The highest BCUT2D eigenvalue weighted by molar-refractivity contribution is 9.10. The van der Waals surface area contributed by atoms with Crippen LogP contribution in [0.25, 0.3) is 0 Å². The van der Waals surface area contributed by atoms with Crippen molar-refractivity contribution in [2.45, 2.75) is 13.0 Å². The van der Waals surface area contributed by atoms with Crippen LogP contribution in [0.4, 0.5) is 18.9 Å². The van der Waals surface area contributed by atoms with Crippen LogP contribution in [0.1, 0.15) is 17.6 Å². The summed E-state index contributed by atoms with van der Waals surface area (Å²) in [6.45, 7) is 0.372. The van der Waals surface area contributed by atoms with Gasteiger partial charge in [0.2, 0.25) is 0 Å². The zero-order valence-electron chi connectivity index (χ0n) is 9.84. The van der Waals surface area contributed by atoms with Crippen molar-refractivity contribution >= 4 is 21.6 Å². The number of anilines is 1. The highest BCUT2D eigenvalue weighted by atomic mass is 79.9. The number of alkyl halides is 2. The van der Waals surface area contributed by atoms with Crippen molar-refractivity contribution in [3.63, 3.8) is 0 Å². The van der Waals surface area contributed by atoms with Gasteiger partial charge >= 0.3 is 0 Å². The summed E-state index contributed by atoms with van der Waals surface area (Å²) in [5, 5.41) is 2.93. The van der Waals surface area contributed by atoms with Gasteiger partial charge in [-0.25, -0.2) is 13.2 Å². The molecule has 0 fully saturated rings. The van der Waals surface area contributed by atoms with Gasteiger partial charge in [-0.2, -0.15) is 0 Å². The quantitative estimate of drug-likeness (QED) is 0.819. The Labute approximate surface area is 117 Å². The molecular formula is C14H11BrF3N. The van der Waals surface area contributed by atoms with E-state index in [2.05, 4.69) is 21.2 Å². The number of hydrogen-bond donors (Lipinski definition) is 1. The second-order valence-electron chi connectivity index (χ2n) is 4.02. The SMILES string of the molecule is Fc1ccc(Br)cc1NCc1ccc(C(F)F)cc1. The third-order valence-corrected chi connectivity index (χ3v) is 3.14. The molecule has 1 nitrogen and oxygen atoms in total. The molecule has 2 aromatic rings. The van der Waals surface area contributed by atoms with E-state index in [-0.39, 0.29) is 11.4 Å². The lowest BCUT2D eigenvalue weighted by molar-refractivity contribution is 0.151. The maximum Gasteiger partial charge on any atom is 0.263 e. The Balaban J connectivity index is 2.04. The van der Waals surface area contributed by atoms with Crippen LogP contribution in [-0.4, -0.2) is 0 Å². The van der Waals surface area contributed by atoms with Gasteiger partial charge in [-0.3, -0.25) is 0 Å². The molecule has 0 spiro atoms. The third kappa shape index (κ3) is 3.73. The molecule has 0 amide bonds. The molecule has 0 aliphatic heterocycles. The van der Waals surface area contributed by atoms with Crippen molar-refractivity contribution in [2.24, 2.45) is 0 Å². The Morgan fingerprint density at radius 2 is 1.74 bits per heavy atom. The topological polar surface area (TPSA) is 12.0 Å². The number of hydrogen-bond acceptors (Lipinski definition) is 1. The molecule has 19 heavy (non-hydrogen) atoms. The summed E-state index contributed by atoms with van der Waals surface area (Å²) in [7, 11) is 0. The Morgan fingerprint density at radius 1 is 1.05 bits per heavy atom. The third-order valence-electron chi connectivity index (χ3n) is 2.64. The van der Waals surface area contributed by atoms with E-state index >= 15 is 0 Å². The van der Waals surface area contributed by atoms with E-state index < -0.39 is 6.43 Å². The van der Waals surface area contributed by atoms with Gasteiger partial charge in [-0.15, -0.1) is 0 Å². The summed E-state index contributed by atoms with van der Waals surface area (Å²) in [6, 6.07) is 10.5. The van der Waals surface area contributed by atoms with Crippen LogP contribution in [0.3, 0.4) is 0 Å². The summed E-state index contributed by atoms with van der Waals surface area (Å²) in [4.78, 5) is 0. The largest absolute Gasteiger partial charge is 0.379 e. The maximum absolute atomic E-state index is 13.5. The second-order valence-corrected chi connectivity index (χ2v) is 4.94. The van der Waals surface area contributed by atoms with Crippen molar-refractivity contribution in [2.75, 3.05) is 5.32 Å². The lowest BCUT2D eigenvalue weighted by Crippen LogP contribution is -2.01. The Bertz CT molecular complexity index is 555. The molecule has 0 unspecified atom stereocenters. The highest BCUT2D eigenvalue weighted by Gasteiger charge is 2.06. The fourth-order valence-electron chi connectivity index (χ4n) is 1.61. The van der Waals surface area contributed by atoms with Crippen molar-refractivity contribution in [3.05, 3.63) is 63.9 Å².